The first-order valence-electron chi connectivity index (χ1n) is 10.9. The minimum absolute atomic E-state index is 0.0514. The molecular weight excluding hydrogens is 448 g/mol. The van der Waals surface area contributed by atoms with Crippen molar-refractivity contribution in [3.05, 3.63) is 50.4 Å². The Morgan fingerprint density at radius 2 is 2.00 bits per heavy atom. The second-order valence-corrected chi connectivity index (χ2v) is 8.86. The van der Waals surface area contributed by atoms with Crippen LogP contribution in [0, 0.1) is 0 Å². The molecule has 10 heteroatoms. The number of fused-ring (bicyclic) bond motifs is 4. The van der Waals surface area contributed by atoms with Crippen LogP contribution in [0.5, 0.6) is 11.5 Å². The quantitative estimate of drug-likeness (QED) is 0.524. The zero-order chi connectivity index (χ0) is 24.7. The van der Waals surface area contributed by atoms with Crippen molar-refractivity contribution < 1.29 is 43.9 Å². The summed E-state index contributed by atoms with van der Waals surface area (Å²) in [6, 6.07) is 0.993. The van der Waals surface area contributed by atoms with Crippen LogP contribution in [0.15, 0.2) is 28.3 Å². The van der Waals surface area contributed by atoms with Gasteiger partial charge in [-0.1, -0.05) is 6.92 Å². The molecule has 0 saturated carbocycles. The van der Waals surface area contributed by atoms with Crippen molar-refractivity contribution >= 4 is 17.1 Å². The summed E-state index contributed by atoms with van der Waals surface area (Å²) in [5.74, 6) is -1.45. The number of ether oxygens (including phenoxy) is 4. The highest BCUT2D eigenvalue weighted by Crippen LogP contribution is 2.55. The average molecular weight is 472 g/mol. The van der Waals surface area contributed by atoms with Crippen LogP contribution in [0.2, 0.25) is 0 Å². The van der Waals surface area contributed by atoms with E-state index in [0.29, 0.717) is 0 Å². The number of carbonyl (C=O) groups is 2. The summed E-state index contributed by atoms with van der Waals surface area (Å²) >= 11 is 0. The Labute approximate surface area is 194 Å². The summed E-state index contributed by atoms with van der Waals surface area (Å²) in [5.41, 5.74) is -3.46. The SMILES string of the molecule is CC[C@@H](O)C(=O)C1=C2C=C(C)Oc3c4c(c(=O)cc(c32)C1=O)[C@]1(O)[C@H](O4)O[C@H](C)[C@@H](OC)[C@H]1O. The van der Waals surface area contributed by atoms with E-state index in [0.717, 1.165) is 6.07 Å². The first-order chi connectivity index (χ1) is 16.1. The van der Waals surface area contributed by atoms with E-state index in [1.54, 1.807) is 20.8 Å². The molecule has 1 aromatic carbocycles. The number of ketones is 2. The van der Waals surface area contributed by atoms with Crippen LogP contribution in [0.25, 0.3) is 5.57 Å². The van der Waals surface area contributed by atoms with Gasteiger partial charge in [-0.05, 0) is 32.4 Å². The number of rotatable bonds is 4. The Morgan fingerprint density at radius 3 is 2.65 bits per heavy atom. The topological polar surface area (TPSA) is 149 Å². The largest absolute Gasteiger partial charge is 0.457 e. The second-order valence-electron chi connectivity index (χ2n) is 8.86. The second kappa shape index (κ2) is 7.56. The zero-order valence-electron chi connectivity index (χ0n) is 18.9. The third-order valence-corrected chi connectivity index (χ3v) is 6.83. The molecule has 4 aliphatic rings. The molecule has 1 aromatic rings. The summed E-state index contributed by atoms with van der Waals surface area (Å²) in [6.45, 7) is 4.82. The summed E-state index contributed by atoms with van der Waals surface area (Å²) < 4.78 is 22.7. The predicted molar refractivity (Wildman–Crippen MR) is 115 cm³/mol. The van der Waals surface area contributed by atoms with Gasteiger partial charge in [0.05, 0.1) is 17.2 Å². The molecular formula is C24H24O10. The highest BCUT2D eigenvalue weighted by atomic mass is 16.7. The van der Waals surface area contributed by atoms with Crippen LogP contribution >= 0.6 is 0 Å². The molecule has 0 spiro atoms. The lowest BCUT2D eigenvalue weighted by atomic mass is 9.82. The lowest BCUT2D eigenvalue weighted by Crippen LogP contribution is -2.63. The average Bonchev–Trinajstić information content (AvgIpc) is 3.19. The Kier molecular flexibility index (Phi) is 5.08. The van der Waals surface area contributed by atoms with Crippen LogP contribution in [-0.4, -0.2) is 64.7 Å². The number of aliphatic hydroxyl groups is 3. The van der Waals surface area contributed by atoms with Crippen molar-refractivity contribution in [3.8, 4) is 11.5 Å². The van der Waals surface area contributed by atoms with Gasteiger partial charge in [-0.25, -0.2) is 0 Å². The van der Waals surface area contributed by atoms with E-state index in [1.165, 1.54) is 13.2 Å². The van der Waals surface area contributed by atoms with Crippen molar-refractivity contribution in [2.45, 2.75) is 63.5 Å². The summed E-state index contributed by atoms with van der Waals surface area (Å²) in [4.78, 5) is 39.6. The van der Waals surface area contributed by atoms with Crippen molar-refractivity contribution in [2.24, 2.45) is 0 Å². The zero-order valence-corrected chi connectivity index (χ0v) is 18.9. The monoisotopic (exact) mass is 472 g/mol. The molecule has 0 bridgehead atoms. The molecule has 0 radical (unpaired) electrons. The normalized spacial score (nSPS) is 31.7. The van der Waals surface area contributed by atoms with Crippen molar-refractivity contribution in [2.75, 3.05) is 7.11 Å². The Morgan fingerprint density at radius 1 is 1.29 bits per heavy atom. The summed E-state index contributed by atoms with van der Waals surface area (Å²) in [5, 5.41) is 32.7. The van der Waals surface area contributed by atoms with E-state index in [4.69, 9.17) is 18.9 Å². The number of allylic oxidation sites excluding steroid dienone is 3. The van der Waals surface area contributed by atoms with Gasteiger partial charge in [-0.15, -0.1) is 0 Å². The van der Waals surface area contributed by atoms with Gasteiger partial charge in [0.25, 0.3) is 0 Å². The minimum atomic E-state index is -2.30. The van der Waals surface area contributed by atoms with Gasteiger partial charge in [0, 0.05) is 23.8 Å². The molecule has 0 aromatic heterocycles. The van der Waals surface area contributed by atoms with Gasteiger partial charge in [0.15, 0.2) is 34.1 Å². The lowest BCUT2D eigenvalue weighted by molar-refractivity contribution is -0.310. The molecule has 1 fully saturated rings. The third-order valence-electron chi connectivity index (χ3n) is 6.83. The first-order valence-corrected chi connectivity index (χ1v) is 10.9. The fourth-order valence-corrected chi connectivity index (χ4v) is 5.12. The molecule has 3 heterocycles. The van der Waals surface area contributed by atoms with Gasteiger partial charge in [-0.3, -0.25) is 14.4 Å². The van der Waals surface area contributed by atoms with Crippen molar-refractivity contribution in [3.63, 3.8) is 0 Å². The number of hydrogen-bond donors (Lipinski definition) is 3. The maximum atomic E-state index is 13.4. The van der Waals surface area contributed by atoms with E-state index in [9.17, 15) is 29.7 Å². The predicted octanol–water partition coefficient (Wildman–Crippen LogP) is 0.334. The van der Waals surface area contributed by atoms with Crippen LogP contribution in [-0.2, 0) is 19.9 Å². The highest BCUT2D eigenvalue weighted by Gasteiger charge is 2.63. The fraction of sp³-hybridized carbons (Fsp3) is 0.458. The van der Waals surface area contributed by atoms with Gasteiger partial charge >= 0.3 is 0 Å². The van der Waals surface area contributed by atoms with E-state index in [2.05, 4.69) is 0 Å². The van der Waals surface area contributed by atoms with Gasteiger partial charge in [-0.2, -0.15) is 0 Å². The van der Waals surface area contributed by atoms with E-state index in [1.807, 2.05) is 0 Å². The molecule has 34 heavy (non-hydrogen) atoms. The number of hydrogen-bond acceptors (Lipinski definition) is 10. The summed E-state index contributed by atoms with van der Waals surface area (Å²) in [6.07, 6.45) is -4.48. The lowest BCUT2D eigenvalue weighted by Gasteiger charge is -2.44. The van der Waals surface area contributed by atoms with Gasteiger partial charge < -0.3 is 34.3 Å². The Bertz CT molecular complexity index is 1260. The number of Topliss-reactive ketones (excluding diaryl/α,β-unsaturated/α-hetero) is 2. The number of aliphatic hydroxyl groups excluding tert-OH is 2. The molecule has 6 atom stereocenters. The van der Waals surface area contributed by atoms with E-state index >= 15 is 0 Å². The smallest absolute Gasteiger partial charge is 0.236 e. The molecule has 1 saturated heterocycles. The van der Waals surface area contributed by atoms with Crippen LogP contribution < -0.4 is 14.9 Å². The molecule has 0 amide bonds. The van der Waals surface area contributed by atoms with E-state index < -0.39 is 53.3 Å². The van der Waals surface area contributed by atoms with E-state index in [-0.39, 0.29) is 51.5 Å². The standard InChI is InChI=1S/C24H24O10/c1-5-12(25)18(28)15-10-6-8(2)32-20-14(10)11(17(15)27)7-13(26)16-21(20)34-23-24(16,30)22(29)19(31-4)9(3)33-23/h6-7,9,12,19,22-23,25,29-30H,5H2,1-4H3/t9-,12-,19-,22-,23+,24-/m1/s1. The van der Waals surface area contributed by atoms with Crippen LogP contribution in [0.4, 0.5) is 0 Å². The van der Waals surface area contributed by atoms with Crippen LogP contribution in [0.3, 0.4) is 0 Å². The molecule has 3 N–H and O–H groups in total. The molecule has 0 unspecified atom stereocenters. The third kappa shape index (κ3) is 2.77. The molecule has 1 aliphatic carbocycles. The molecule has 180 valence electrons. The summed E-state index contributed by atoms with van der Waals surface area (Å²) in [7, 11) is 1.34. The number of methoxy groups -OCH3 is 1. The number of carbonyl (C=O) groups excluding carboxylic acids is 2. The van der Waals surface area contributed by atoms with Crippen LogP contribution in [0.1, 0.15) is 48.7 Å². The Balaban J connectivity index is 1.80. The highest BCUT2D eigenvalue weighted by molar-refractivity contribution is 6.37. The fourth-order valence-electron chi connectivity index (χ4n) is 5.12. The minimum Gasteiger partial charge on any atom is -0.457 e. The maximum absolute atomic E-state index is 13.4. The van der Waals surface area contributed by atoms with Crippen molar-refractivity contribution in [1.29, 1.82) is 0 Å². The van der Waals surface area contributed by atoms with Crippen molar-refractivity contribution in [1.82, 2.24) is 0 Å². The Hall–Kier alpha value is -2.89. The maximum Gasteiger partial charge on any atom is 0.236 e. The molecule has 3 aliphatic heterocycles. The first kappa shape index (κ1) is 22.9. The van der Waals surface area contributed by atoms with Gasteiger partial charge in [0.2, 0.25) is 6.29 Å². The molecule has 10 nitrogen and oxygen atoms in total. The van der Waals surface area contributed by atoms with Gasteiger partial charge in [0.1, 0.15) is 24.1 Å². The molecule has 5 rings (SSSR count).